The van der Waals surface area contributed by atoms with Crippen LogP contribution in [0.4, 0.5) is 0 Å². The highest BCUT2D eigenvalue weighted by Gasteiger charge is 2.18. The largest absolute Gasteiger partial charge is 0.504 e. The van der Waals surface area contributed by atoms with Crippen molar-refractivity contribution in [2.45, 2.75) is 13.0 Å². The number of hydrogen-bond acceptors (Lipinski definition) is 7. The number of aromatic hydroxyl groups is 1. The van der Waals surface area contributed by atoms with E-state index >= 15 is 0 Å². The lowest BCUT2D eigenvalue weighted by atomic mass is 10.1. The Morgan fingerprint density at radius 2 is 2.04 bits per heavy atom. The van der Waals surface area contributed by atoms with Crippen LogP contribution >= 0.6 is 0 Å². The van der Waals surface area contributed by atoms with Gasteiger partial charge in [0.2, 0.25) is 5.75 Å². The number of esters is 1. The van der Waals surface area contributed by atoms with Gasteiger partial charge in [-0.15, -0.1) is 0 Å². The monoisotopic (exact) mass is 320 g/mol. The smallest absolute Gasteiger partial charge is 0.342 e. The lowest BCUT2D eigenvalue weighted by molar-refractivity contribution is -0.136. The Hall–Kier alpha value is -2.80. The number of methoxy groups -OCH3 is 2. The molecule has 1 atom stereocenters. The van der Waals surface area contributed by atoms with E-state index in [-0.39, 0.29) is 28.2 Å². The highest BCUT2D eigenvalue weighted by molar-refractivity contribution is 5.88. The minimum Gasteiger partial charge on any atom is -0.504 e. The first kappa shape index (κ1) is 16.6. The summed E-state index contributed by atoms with van der Waals surface area (Å²) in [5.74, 6) is -0.749. The Kier molecular flexibility index (Phi) is 4.71. The molecule has 2 aromatic rings. The van der Waals surface area contributed by atoms with Gasteiger partial charge in [-0.05, 0) is 31.2 Å². The van der Waals surface area contributed by atoms with Crippen LogP contribution in [-0.2, 0) is 9.53 Å². The second-order valence-corrected chi connectivity index (χ2v) is 4.81. The molecule has 1 aromatic heterocycles. The lowest BCUT2D eigenvalue weighted by Crippen LogP contribution is -2.12. The number of carbonyl (C=O) groups is 1. The Morgan fingerprint density at radius 3 is 2.65 bits per heavy atom. The molecule has 122 valence electrons. The highest BCUT2D eigenvalue weighted by Crippen LogP contribution is 2.34. The topological polar surface area (TPSA) is 106 Å². The van der Waals surface area contributed by atoms with Crippen molar-refractivity contribution in [3.8, 4) is 11.5 Å². The van der Waals surface area contributed by atoms with Crippen LogP contribution in [0.5, 0.6) is 11.5 Å². The van der Waals surface area contributed by atoms with Gasteiger partial charge in [-0.1, -0.05) is 0 Å². The summed E-state index contributed by atoms with van der Waals surface area (Å²) in [4.78, 5) is 23.4. The Balaban J connectivity index is 2.55. The molecule has 2 N–H and O–H groups in total. The zero-order valence-electron chi connectivity index (χ0n) is 12.8. The van der Waals surface area contributed by atoms with Crippen molar-refractivity contribution in [1.29, 1.82) is 0 Å². The molecular formula is C16H16O7. The number of rotatable bonds is 4. The summed E-state index contributed by atoms with van der Waals surface area (Å²) in [5.41, 5.74) is -0.624. The van der Waals surface area contributed by atoms with Crippen LogP contribution in [0.15, 0.2) is 39.1 Å². The van der Waals surface area contributed by atoms with Gasteiger partial charge in [-0.3, -0.25) is 0 Å². The molecule has 0 aliphatic carbocycles. The van der Waals surface area contributed by atoms with Crippen molar-refractivity contribution in [1.82, 2.24) is 0 Å². The normalized spacial score (nSPS) is 13.0. The standard InChI is InChI=1S/C16H16O7/c1-8(15(19)22-3)6-12(18)10-7-9-4-5-11(17)14(21-2)13(9)23-16(10)20/h4-7,12,17-18H,1-3H3. The fourth-order valence-corrected chi connectivity index (χ4v) is 2.12. The molecule has 2 rings (SSSR count). The first-order chi connectivity index (χ1) is 10.9. The Labute approximate surface area is 131 Å². The van der Waals surface area contributed by atoms with Crippen LogP contribution < -0.4 is 10.4 Å². The fraction of sp³-hybridized carbons (Fsp3) is 0.250. The third-order valence-corrected chi connectivity index (χ3v) is 3.30. The van der Waals surface area contributed by atoms with Gasteiger partial charge in [-0.25, -0.2) is 9.59 Å². The number of phenols is 1. The van der Waals surface area contributed by atoms with E-state index in [2.05, 4.69) is 4.74 Å². The van der Waals surface area contributed by atoms with Gasteiger partial charge in [0.25, 0.3) is 0 Å². The molecule has 7 nitrogen and oxygen atoms in total. The fourth-order valence-electron chi connectivity index (χ4n) is 2.12. The van der Waals surface area contributed by atoms with Crippen LogP contribution in [0.2, 0.25) is 0 Å². The van der Waals surface area contributed by atoms with Crippen LogP contribution in [0, 0.1) is 0 Å². The lowest BCUT2D eigenvalue weighted by Gasteiger charge is -2.10. The maximum Gasteiger partial charge on any atom is 0.342 e. The predicted molar refractivity (Wildman–Crippen MR) is 81.4 cm³/mol. The van der Waals surface area contributed by atoms with Crippen molar-refractivity contribution in [2.75, 3.05) is 14.2 Å². The van der Waals surface area contributed by atoms with E-state index in [1.54, 1.807) is 0 Å². The summed E-state index contributed by atoms with van der Waals surface area (Å²) in [5, 5.41) is 20.3. The second-order valence-electron chi connectivity index (χ2n) is 4.81. The molecule has 0 saturated heterocycles. The quantitative estimate of drug-likeness (QED) is 0.501. The van der Waals surface area contributed by atoms with E-state index < -0.39 is 17.7 Å². The maximum absolute atomic E-state index is 12.1. The molecule has 0 saturated carbocycles. The predicted octanol–water partition coefficient (Wildman–Crippen LogP) is 1.66. The van der Waals surface area contributed by atoms with Crippen LogP contribution in [-0.4, -0.2) is 30.4 Å². The van der Waals surface area contributed by atoms with Gasteiger partial charge in [0.1, 0.15) is 6.10 Å². The third-order valence-electron chi connectivity index (χ3n) is 3.30. The van der Waals surface area contributed by atoms with Gasteiger partial charge in [0, 0.05) is 11.0 Å². The van der Waals surface area contributed by atoms with Crippen LogP contribution in [0.3, 0.4) is 0 Å². The molecule has 7 heteroatoms. The van der Waals surface area contributed by atoms with Gasteiger partial charge in [-0.2, -0.15) is 0 Å². The van der Waals surface area contributed by atoms with Crippen molar-refractivity contribution < 1.29 is 28.9 Å². The molecule has 0 amide bonds. The number of aliphatic hydroxyl groups is 1. The summed E-state index contributed by atoms with van der Waals surface area (Å²) in [6.07, 6.45) is -0.142. The molecule has 0 aliphatic heterocycles. The van der Waals surface area contributed by atoms with Gasteiger partial charge in [0.15, 0.2) is 11.3 Å². The molecule has 1 unspecified atom stereocenters. The molecule has 1 heterocycles. The number of benzene rings is 1. The van der Waals surface area contributed by atoms with Crippen molar-refractivity contribution in [2.24, 2.45) is 0 Å². The molecule has 0 spiro atoms. The summed E-state index contributed by atoms with van der Waals surface area (Å²) < 4.78 is 14.7. The number of carbonyl (C=O) groups excluding carboxylic acids is 1. The molecule has 0 bridgehead atoms. The summed E-state index contributed by atoms with van der Waals surface area (Å²) in [7, 11) is 2.55. The number of hydrogen-bond donors (Lipinski definition) is 2. The molecular weight excluding hydrogens is 304 g/mol. The third kappa shape index (κ3) is 3.19. The van der Waals surface area contributed by atoms with E-state index in [9.17, 15) is 19.8 Å². The second kappa shape index (κ2) is 6.53. The average Bonchev–Trinajstić information content (AvgIpc) is 2.53. The van der Waals surface area contributed by atoms with Crippen LogP contribution in [0.25, 0.3) is 11.0 Å². The molecule has 0 aliphatic rings. The highest BCUT2D eigenvalue weighted by atomic mass is 16.5. The van der Waals surface area contributed by atoms with Crippen molar-refractivity contribution in [3.05, 3.63) is 45.8 Å². The number of aliphatic hydroxyl groups excluding tert-OH is 1. The molecule has 0 radical (unpaired) electrons. The van der Waals surface area contributed by atoms with Crippen molar-refractivity contribution >= 4 is 16.9 Å². The van der Waals surface area contributed by atoms with E-state index in [0.29, 0.717) is 5.39 Å². The zero-order valence-corrected chi connectivity index (χ0v) is 12.8. The van der Waals surface area contributed by atoms with E-state index in [4.69, 9.17) is 9.15 Å². The van der Waals surface area contributed by atoms with Crippen molar-refractivity contribution in [3.63, 3.8) is 0 Å². The zero-order chi connectivity index (χ0) is 17.1. The van der Waals surface area contributed by atoms with Gasteiger partial charge in [0.05, 0.1) is 19.8 Å². The average molecular weight is 320 g/mol. The minimum atomic E-state index is -1.34. The SMILES string of the molecule is COC(=O)C(C)=CC(O)c1cc2ccc(O)c(OC)c2oc1=O. The number of ether oxygens (including phenoxy) is 2. The Morgan fingerprint density at radius 1 is 1.35 bits per heavy atom. The number of phenolic OH excluding ortho intramolecular Hbond substituents is 1. The molecule has 0 fully saturated rings. The molecule has 1 aromatic carbocycles. The van der Waals surface area contributed by atoms with Gasteiger partial charge < -0.3 is 24.1 Å². The van der Waals surface area contributed by atoms with Crippen LogP contribution in [0.1, 0.15) is 18.6 Å². The maximum atomic E-state index is 12.1. The minimum absolute atomic E-state index is 0.0296. The Bertz CT molecular complexity index is 832. The first-order valence-electron chi connectivity index (χ1n) is 6.67. The summed E-state index contributed by atoms with van der Waals surface area (Å²) >= 11 is 0. The summed E-state index contributed by atoms with van der Waals surface area (Å²) in [6, 6.07) is 4.31. The molecule has 23 heavy (non-hydrogen) atoms. The summed E-state index contributed by atoms with van der Waals surface area (Å²) in [6.45, 7) is 1.46. The van der Waals surface area contributed by atoms with E-state index in [0.717, 1.165) is 0 Å². The van der Waals surface area contributed by atoms with Gasteiger partial charge >= 0.3 is 11.6 Å². The first-order valence-corrected chi connectivity index (χ1v) is 6.67. The number of fused-ring (bicyclic) bond motifs is 1. The van der Waals surface area contributed by atoms with E-state index in [1.807, 2.05) is 0 Å². The van der Waals surface area contributed by atoms with E-state index in [1.165, 1.54) is 45.4 Å².